The zero-order valence-corrected chi connectivity index (χ0v) is 16.2. The van der Waals surface area contributed by atoms with Crippen LogP contribution in [0.2, 0.25) is 0 Å². The summed E-state index contributed by atoms with van der Waals surface area (Å²) >= 11 is 0. The first-order valence-electron chi connectivity index (χ1n) is 9.04. The van der Waals surface area contributed by atoms with Crippen LogP contribution in [0.3, 0.4) is 0 Å². The highest BCUT2D eigenvalue weighted by Gasteiger charge is 2.29. The van der Waals surface area contributed by atoms with Crippen LogP contribution in [0.4, 0.5) is 17.2 Å². The van der Waals surface area contributed by atoms with Crippen molar-refractivity contribution >= 4 is 17.2 Å². The van der Waals surface area contributed by atoms with Gasteiger partial charge in [0.2, 0.25) is 0 Å². The number of benzene rings is 2. The predicted molar refractivity (Wildman–Crippen MR) is 109 cm³/mol. The Kier molecular flexibility index (Phi) is 5.05. The van der Waals surface area contributed by atoms with Gasteiger partial charge >= 0.3 is 0 Å². The van der Waals surface area contributed by atoms with E-state index in [2.05, 4.69) is 4.98 Å². The highest BCUT2D eigenvalue weighted by atomic mass is 16.3. The molecule has 0 aliphatic rings. The van der Waals surface area contributed by atoms with Crippen LogP contribution >= 0.6 is 0 Å². The molecule has 0 spiro atoms. The number of nitrogens with zero attached hydrogens (tertiary/aromatic N) is 2. The van der Waals surface area contributed by atoms with E-state index in [9.17, 15) is 10.2 Å². The summed E-state index contributed by atoms with van der Waals surface area (Å²) in [5.41, 5.74) is 1.10. The highest BCUT2D eigenvalue weighted by Crippen LogP contribution is 2.42. The second-order valence-electron chi connectivity index (χ2n) is 7.68. The van der Waals surface area contributed by atoms with Gasteiger partial charge < -0.3 is 10.2 Å². The van der Waals surface area contributed by atoms with Gasteiger partial charge in [-0.15, -0.1) is 0 Å². The highest BCUT2D eigenvalue weighted by molar-refractivity contribution is 5.78. The van der Waals surface area contributed by atoms with Gasteiger partial charge in [0, 0.05) is 23.0 Å². The monoisotopic (exact) mass is 362 g/mol. The van der Waals surface area contributed by atoms with Gasteiger partial charge in [0.1, 0.15) is 5.82 Å². The Morgan fingerprint density at radius 3 is 1.89 bits per heavy atom. The maximum Gasteiger partial charge on any atom is 0.143 e. The fourth-order valence-electron chi connectivity index (χ4n) is 3.19. The lowest BCUT2D eigenvalue weighted by molar-refractivity contribution is 0.0787. The lowest BCUT2D eigenvalue weighted by Crippen LogP contribution is -2.25. The molecular weight excluding hydrogens is 336 g/mol. The Balaban J connectivity index is 2.32. The number of hydrogen-bond acceptors (Lipinski definition) is 4. The lowest BCUT2D eigenvalue weighted by Gasteiger charge is -2.33. The zero-order chi connectivity index (χ0) is 19.7. The summed E-state index contributed by atoms with van der Waals surface area (Å²) < 4.78 is 0. The number of rotatable bonds is 5. The minimum atomic E-state index is -1.07. The van der Waals surface area contributed by atoms with Crippen LogP contribution in [0.1, 0.15) is 38.8 Å². The fourth-order valence-corrected chi connectivity index (χ4v) is 3.19. The SMILES string of the molecule is CC(C)(O)c1ccccc1N(c1ccccc1)c1ncccc1C(C)(C)O. The van der Waals surface area contributed by atoms with Gasteiger partial charge in [-0.2, -0.15) is 0 Å². The molecule has 1 heterocycles. The average Bonchev–Trinajstić information content (AvgIpc) is 2.62. The van der Waals surface area contributed by atoms with E-state index in [4.69, 9.17) is 0 Å². The summed E-state index contributed by atoms with van der Waals surface area (Å²) in [4.78, 5) is 6.59. The first kappa shape index (κ1) is 19.1. The van der Waals surface area contributed by atoms with E-state index in [-0.39, 0.29) is 0 Å². The van der Waals surface area contributed by atoms with Crippen LogP contribution in [-0.4, -0.2) is 15.2 Å². The van der Waals surface area contributed by atoms with Crippen LogP contribution in [-0.2, 0) is 11.2 Å². The molecule has 2 aromatic carbocycles. The van der Waals surface area contributed by atoms with Crippen molar-refractivity contribution < 1.29 is 10.2 Å². The normalized spacial score (nSPS) is 12.1. The molecule has 4 nitrogen and oxygen atoms in total. The van der Waals surface area contributed by atoms with Gasteiger partial charge in [0.05, 0.1) is 16.9 Å². The van der Waals surface area contributed by atoms with Gasteiger partial charge in [-0.1, -0.05) is 42.5 Å². The molecule has 0 fully saturated rings. The van der Waals surface area contributed by atoms with E-state index >= 15 is 0 Å². The maximum absolute atomic E-state index is 10.7. The van der Waals surface area contributed by atoms with Crippen LogP contribution in [0.25, 0.3) is 0 Å². The Bertz CT molecular complexity index is 852. The molecule has 4 heteroatoms. The lowest BCUT2D eigenvalue weighted by atomic mass is 9.94. The summed E-state index contributed by atoms with van der Waals surface area (Å²) in [5, 5.41) is 21.5. The maximum atomic E-state index is 10.7. The molecule has 140 valence electrons. The summed E-state index contributed by atoms with van der Waals surface area (Å²) in [6.07, 6.45) is 1.72. The van der Waals surface area contributed by atoms with Gasteiger partial charge in [-0.25, -0.2) is 4.98 Å². The van der Waals surface area contributed by atoms with Gasteiger partial charge in [-0.05, 0) is 52.0 Å². The third kappa shape index (κ3) is 4.02. The Labute approximate surface area is 160 Å². The van der Waals surface area contributed by atoms with Crippen molar-refractivity contribution in [2.45, 2.75) is 38.9 Å². The van der Waals surface area contributed by atoms with Crippen molar-refractivity contribution in [3.05, 3.63) is 84.1 Å². The molecule has 0 unspecified atom stereocenters. The number of hydrogen-bond donors (Lipinski definition) is 2. The van der Waals surface area contributed by atoms with E-state index in [1.807, 2.05) is 71.6 Å². The van der Waals surface area contributed by atoms with Crippen molar-refractivity contribution in [3.8, 4) is 0 Å². The number of aromatic nitrogens is 1. The largest absolute Gasteiger partial charge is 0.386 e. The van der Waals surface area contributed by atoms with E-state index in [1.165, 1.54) is 0 Å². The minimum absolute atomic E-state index is 0.632. The van der Waals surface area contributed by atoms with E-state index in [1.54, 1.807) is 33.9 Å². The van der Waals surface area contributed by atoms with E-state index in [0.29, 0.717) is 11.4 Å². The Hall–Kier alpha value is -2.69. The topological polar surface area (TPSA) is 56.6 Å². The first-order valence-corrected chi connectivity index (χ1v) is 9.04. The van der Waals surface area contributed by atoms with Crippen LogP contribution < -0.4 is 4.90 Å². The molecule has 3 aromatic rings. The molecule has 27 heavy (non-hydrogen) atoms. The molecule has 0 saturated carbocycles. The summed E-state index contributed by atoms with van der Waals surface area (Å²) in [6.45, 7) is 7.03. The molecule has 2 N–H and O–H groups in total. The first-order chi connectivity index (χ1) is 12.7. The molecule has 0 saturated heterocycles. The quantitative estimate of drug-likeness (QED) is 0.670. The van der Waals surface area contributed by atoms with Gasteiger partial charge in [0.15, 0.2) is 0 Å². The van der Waals surface area contributed by atoms with Crippen molar-refractivity contribution in [3.63, 3.8) is 0 Å². The Morgan fingerprint density at radius 1 is 0.704 bits per heavy atom. The standard InChI is InChI=1S/C23H26N2O2/c1-22(2,26)18-13-8-9-15-20(18)25(17-11-6-5-7-12-17)21-19(23(3,4)27)14-10-16-24-21/h5-16,26-27H,1-4H3. The van der Waals surface area contributed by atoms with Crippen molar-refractivity contribution in [2.75, 3.05) is 4.90 Å². The summed E-state index contributed by atoms with van der Waals surface area (Å²) in [7, 11) is 0. The summed E-state index contributed by atoms with van der Waals surface area (Å²) in [6, 6.07) is 21.3. The second kappa shape index (κ2) is 7.14. The molecule has 3 rings (SSSR count). The van der Waals surface area contributed by atoms with Crippen molar-refractivity contribution in [1.82, 2.24) is 4.98 Å². The van der Waals surface area contributed by atoms with Crippen LogP contribution in [0.15, 0.2) is 72.9 Å². The molecular formula is C23H26N2O2. The zero-order valence-electron chi connectivity index (χ0n) is 16.2. The van der Waals surface area contributed by atoms with Crippen molar-refractivity contribution in [2.24, 2.45) is 0 Å². The third-order valence-electron chi connectivity index (χ3n) is 4.48. The van der Waals surface area contributed by atoms with Gasteiger partial charge in [0.25, 0.3) is 0 Å². The molecule has 0 aliphatic carbocycles. The fraction of sp³-hybridized carbons (Fsp3) is 0.261. The number of pyridine rings is 1. The third-order valence-corrected chi connectivity index (χ3v) is 4.48. The van der Waals surface area contributed by atoms with Gasteiger partial charge in [-0.3, -0.25) is 4.90 Å². The van der Waals surface area contributed by atoms with E-state index < -0.39 is 11.2 Å². The minimum Gasteiger partial charge on any atom is -0.386 e. The molecule has 0 amide bonds. The van der Waals surface area contributed by atoms with Crippen LogP contribution in [0.5, 0.6) is 0 Å². The molecule has 0 radical (unpaired) electrons. The smallest absolute Gasteiger partial charge is 0.143 e. The average molecular weight is 362 g/mol. The summed E-state index contributed by atoms with van der Waals surface area (Å²) in [5.74, 6) is 0.632. The number of aliphatic hydroxyl groups is 2. The van der Waals surface area contributed by atoms with E-state index in [0.717, 1.165) is 16.9 Å². The molecule has 0 atom stereocenters. The number of para-hydroxylation sites is 2. The molecule has 1 aromatic heterocycles. The number of anilines is 3. The predicted octanol–water partition coefficient (Wildman–Crippen LogP) is 5.01. The second-order valence-corrected chi connectivity index (χ2v) is 7.68. The molecule has 0 bridgehead atoms. The van der Waals surface area contributed by atoms with Crippen LogP contribution in [0, 0.1) is 0 Å². The molecule has 0 aliphatic heterocycles. The van der Waals surface area contributed by atoms with Crippen molar-refractivity contribution in [1.29, 1.82) is 0 Å². The Morgan fingerprint density at radius 2 is 1.26 bits per heavy atom.